The van der Waals surface area contributed by atoms with Gasteiger partial charge in [0.2, 0.25) is 0 Å². The molecule has 1 saturated carbocycles. The standard InChI is InChI=1S/C14H30N2/c1-6-16(12(2)3)11-10-15-13-8-7-9-14(13,4)5/h12-13,15H,6-11H2,1-5H3. The molecule has 0 spiro atoms. The summed E-state index contributed by atoms with van der Waals surface area (Å²) in [7, 11) is 0. The first-order valence-corrected chi connectivity index (χ1v) is 6.95. The highest BCUT2D eigenvalue weighted by atomic mass is 15.2. The van der Waals surface area contributed by atoms with Gasteiger partial charge in [0.25, 0.3) is 0 Å². The van der Waals surface area contributed by atoms with Crippen molar-refractivity contribution < 1.29 is 0 Å². The molecule has 0 aromatic rings. The molecule has 0 aromatic heterocycles. The molecule has 96 valence electrons. The number of hydrogen-bond donors (Lipinski definition) is 1. The van der Waals surface area contributed by atoms with Gasteiger partial charge in [-0.3, -0.25) is 4.90 Å². The lowest BCUT2D eigenvalue weighted by molar-refractivity contribution is 0.216. The van der Waals surface area contributed by atoms with Gasteiger partial charge < -0.3 is 5.32 Å². The number of hydrogen-bond acceptors (Lipinski definition) is 2. The van der Waals surface area contributed by atoms with E-state index in [1.54, 1.807) is 0 Å². The van der Waals surface area contributed by atoms with Gasteiger partial charge in [0.1, 0.15) is 0 Å². The number of rotatable bonds is 6. The summed E-state index contributed by atoms with van der Waals surface area (Å²) >= 11 is 0. The lowest BCUT2D eigenvalue weighted by atomic mass is 9.87. The van der Waals surface area contributed by atoms with E-state index in [1.165, 1.54) is 25.8 Å². The van der Waals surface area contributed by atoms with Crippen LogP contribution in [-0.2, 0) is 0 Å². The molecule has 0 saturated heterocycles. The van der Waals surface area contributed by atoms with E-state index in [0.29, 0.717) is 11.5 Å². The molecule has 2 heteroatoms. The zero-order chi connectivity index (χ0) is 12.2. The van der Waals surface area contributed by atoms with Crippen LogP contribution in [0, 0.1) is 5.41 Å². The van der Waals surface area contributed by atoms with Crippen molar-refractivity contribution in [2.75, 3.05) is 19.6 Å². The largest absolute Gasteiger partial charge is 0.312 e. The van der Waals surface area contributed by atoms with Crippen molar-refractivity contribution in [1.82, 2.24) is 10.2 Å². The minimum Gasteiger partial charge on any atom is -0.312 e. The van der Waals surface area contributed by atoms with Gasteiger partial charge in [-0.1, -0.05) is 27.2 Å². The Morgan fingerprint density at radius 3 is 2.50 bits per heavy atom. The molecule has 1 N–H and O–H groups in total. The molecule has 1 aliphatic rings. The summed E-state index contributed by atoms with van der Waals surface area (Å²) in [4.78, 5) is 2.52. The van der Waals surface area contributed by atoms with E-state index in [9.17, 15) is 0 Å². The molecule has 1 atom stereocenters. The zero-order valence-electron chi connectivity index (χ0n) is 11.8. The van der Waals surface area contributed by atoms with E-state index in [2.05, 4.69) is 44.8 Å². The van der Waals surface area contributed by atoms with Crippen molar-refractivity contribution >= 4 is 0 Å². The van der Waals surface area contributed by atoms with Crippen molar-refractivity contribution in [2.45, 2.75) is 66.0 Å². The molecular weight excluding hydrogens is 196 g/mol. The third-order valence-corrected chi connectivity index (χ3v) is 4.18. The first-order valence-electron chi connectivity index (χ1n) is 6.95. The lowest BCUT2D eigenvalue weighted by Crippen LogP contribution is -2.43. The summed E-state index contributed by atoms with van der Waals surface area (Å²) in [5.41, 5.74) is 0.509. The van der Waals surface area contributed by atoms with Gasteiger partial charge in [0.15, 0.2) is 0 Å². The Kier molecular flexibility index (Phi) is 5.26. The van der Waals surface area contributed by atoms with Gasteiger partial charge in [0.05, 0.1) is 0 Å². The van der Waals surface area contributed by atoms with Gasteiger partial charge >= 0.3 is 0 Å². The number of likely N-dealkylation sites (N-methyl/N-ethyl adjacent to an activating group) is 1. The number of nitrogens with one attached hydrogen (secondary N) is 1. The molecule has 0 aliphatic heterocycles. The molecule has 0 bridgehead atoms. The second-order valence-electron chi connectivity index (χ2n) is 6.11. The maximum atomic E-state index is 3.75. The van der Waals surface area contributed by atoms with Crippen molar-refractivity contribution in [3.8, 4) is 0 Å². The summed E-state index contributed by atoms with van der Waals surface area (Å²) in [6.45, 7) is 15.1. The van der Waals surface area contributed by atoms with Crippen molar-refractivity contribution in [3.63, 3.8) is 0 Å². The van der Waals surface area contributed by atoms with Gasteiger partial charge in [-0.15, -0.1) is 0 Å². The van der Waals surface area contributed by atoms with Crippen LogP contribution in [0.25, 0.3) is 0 Å². The van der Waals surface area contributed by atoms with Gasteiger partial charge in [-0.2, -0.15) is 0 Å². The molecule has 2 nitrogen and oxygen atoms in total. The van der Waals surface area contributed by atoms with E-state index >= 15 is 0 Å². The third-order valence-electron chi connectivity index (χ3n) is 4.18. The Labute approximate surface area is 102 Å². The van der Waals surface area contributed by atoms with E-state index in [1.807, 2.05) is 0 Å². The summed E-state index contributed by atoms with van der Waals surface area (Å²) < 4.78 is 0. The van der Waals surface area contributed by atoms with Crippen LogP contribution in [0.3, 0.4) is 0 Å². The van der Waals surface area contributed by atoms with Gasteiger partial charge in [-0.05, 0) is 38.6 Å². The highest BCUT2D eigenvalue weighted by Crippen LogP contribution is 2.36. The Balaban J connectivity index is 2.24. The highest BCUT2D eigenvalue weighted by Gasteiger charge is 2.33. The molecule has 1 rings (SSSR count). The average Bonchev–Trinajstić information content (AvgIpc) is 2.52. The molecular formula is C14H30N2. The van der Waals surface area contributed by atoms with Crippen LogP contribution in [-0.4, -0.2) is 36.6 Å². The van der Waals surface area contributed by atoms with Gasteiger partial charge in [0, 0.05) is 25.2 Å². The monoisotopic (exact) mass is 226 g/mol. The summed E-state index contributed by atoms with van der Waals surface area (Å²) in [5.74, 6) is 0. The molecule has 0 heterocycles. The van der Waals surface area contributed by atoms with Crippen molar-refractivity contribution in [2.24, 2.45) is 5.41 Å². The van der Waals surface area contributed by atoms with Crippen molar-refractivity contribution in [1.29, 1.82) is 0 Å². The Hall–Kier alpha value is -0.0800. The second kappa shape index (κ2) is 6.02. The normalized spacial score (nSPS) is 24.6. The number of nitrogens with zero attached hydrogens (tertiary/aromatic N) is 1. The Morgan fingerprint density at radius 2 is 2.06 bits per heavy atom. The van der Waals surface area contributed by atoms with Crippen LogP contribution in [0.5, 0.6) is 0 Å². The summed E-state index contributed by atoms with van der Waals surface area (Å²) in [6, 6.07) is 1.40. The third kappa shape index (κ3) is 3.74. The first kappa shape index (κ1) is 14.0. The first-order chi connectivity index (χ1) is 7.47. The fraction of sp³-hybridized carbons (Fsp3) is 1.00. The van der Waals surface area contributed by atoms with E-state index in [-0.39, 0.29) is 0 Å². The zero-order valence-corrected chi connectivity index (χ0v) is 11.8. The molecule has 0 amide bonds. The second-order valence-corrected chi connectivity index (χ2v) is 6.11. The van der Waals surface area contributed by atoms with E-state index in [0.717, 1.165) is 19.1 Å². The molecule has 1 fully saturated rings. The van der Waals surface area contributed by atoms with Crippen LogP contribution in [0.15, 0.2) is 0 Å². The minimum absolute atomic E-state index is 0.509. The van der Waals surface area contributed by atoms with Crippen LogP contribution < -0.4 is 5.32 Å². The van der Waals surface area contributed by atoms with Crippen molar-refractivity contribution in [3.05, 3.63) is 0 Å². The SMILES string of the molecule is CCN(CCNC1CCCC1(C)C)C(C)C. The molecule has 1 aliphatic carbocycles. The predicted molar refractivity (Wildman–Crippen MR) is 71.8 cm³/mol. The Morgan fingerprint density at radius 1 is 1.38 bits per heavy atom. The van der Waals surface area contributed by atoms with Crippen LogP contribution in [0.4, 0.5) is 0 Å². The lowest BCUT2D eigenvalue weighted by Gasteiger charge is -2.30. The van der Waals surface area contributed by atoms with E-state index in [4.69, 9.17) is 0 Å². The molecule has 0 aromatic carbocycles. The predicted octanol–water partition coefficient (Wildman–Crippen LogP) is 2.89. The van der Waals surface area contributed by atoms with Crippen LogP contribution in [0.1, 0.15) is 53.9 Å². The average molecular weight is 226 g/mol. The molecule has 0 radical (unpaired) electrons. The maximum absolute atomic E-state index is 3.75. The fourth-order valence-electron chi connectivity index (χ4n) is 2.87. The minimum atomic E-state index is 0.509. The molecule has 1 unspecified atom stereocenters. The van der Waals surface area contributed by atoms with Crippen LogP contribution in [0.2, 0.25) is 0 Å². The Bertz CT molecular complexity index is 199. The maximum Gasteiger partial charge on any atom is 0.0119 e. The summed E-state index contributed by atoms with van der Waals surface area (Å²) in [5, 5.41) is 3.75. The van der Waals surface area contributed by atoms with E-state index < -0.39 is 0 Å². The molecule has 16 heavy (non-hydrogen) atoms. The van der Waals surface area contributed by atoms with Crippen LogP contribution >= 0.6 is 0 Å². The fourth-order valence-corrected chi connectivity index (χ4v) is 2.87. The quantitative estimate of drug-likeness (QED) is 0.749. The highest BCUT2D eigenvalue weighted by molar-refractivity contribution is 4.90. The smallest absolute Gasteiger partial charge is 0.0119 e. The summed E-state index contributed by atoms with van der Waals surface area (Å²) in [6.07, 6.45) is 4.14. The topological polar surface area (TPSA) is 15.3 Å². The van der Waals surface area contributed by atoms with Gasteiger partial charge in [-0.25, -0.2) is 0 Å².